The molecule has 0 spiro atoms. The van der Waals surface area contributed by atoms with Crippen LogP contribution in [0.15, 0.2) is 10.8 Å². The number of aromatic carboxylic acids is 1. The first-order valence-corrected chi connectivity index (χ1v) is 4.95. The minimum Gasteiger partial charge on any atom is -0.476 e. The molecule has 2 saturated carbocycles. The highest BCUT2D eigenvalue weighted by Gasteiger charge is 2.56. The van der Waals surface area contributed by atoms with Gasteiger partial charge in [0.1, 0.15) is 5.76 Å². The van der Waals surface area contributed by atoms with Gasteiger partial charge in [-0.15, -0.1) is 0 Å². The highest BCUT2D eigenvalue weighted by atomic mass is 16.4. The Morgan fingerprint density at radius 2 is 2.21 bits per heavy atom. The van der Waals surface area contributed by atoms with E-state index in [-0.39, 0.29) is 5.69 Å². The van der Waals surface area contributed by atoms with E-state index in [1.165, 1.54) is 25.7 Å². The van der Waals surface area contributed by atoms with Crippen LogP contribution in [0.5, 0.6) is 0 Å². The molecular formula is C10H11NO3. The molecule has 3 rings (SSSR count). The monoisotopic (exact) mass is 193 g/mol. The third kappa shape index (κ3) is 0.937. The highest BCUT2D eigenvalue weighted by Crippen LogP contribution is 2.63. The molecule has 1 N–H and O–H groups in total. The fourth-order valence-corrected chi connectivity index (χ4v) is 2.86. The van der Waals surface area contributed by atoms with Crippen molar-refractivity contribution < 1.29 is 14.3 Å². The molecule has 14 heavy (non-hydrogen) atoms. The predicted octanol–water partition coefficient (Wildman–Crippen LogP) is 1.89. The lowest BCUT2D eigenvalue weighted by Gasteiger charge is -1.99. The van der Waals surface area contributed by atoms with Crippen LogP contribution in [-0.2, 0) is 0 Å². The summed E-state index contributed by atoms with van der Waals surface area (Å²) >= 11 is 0. The molecular weight excluding hydrogens is 182 g/mol. The van der Waals surface area contributed by atoms with Gasteiger partial charge >= 0.3 is 5.97 Å². The number of carboxylic acid groups (broad SMARTS) is 1. The van der Waals surface area contributed by atoms with Crippen LogP contribution in [-0.4, -0.2) is 16.1 Å². The first-order valence-electron chi connectivity index (χ1n) is 4.95. The summed E-state index contributed by atoms with van der Waals surface area (Å²) in [6.07, 6.45) is 4.96. The summed E-state index contributed by atoms with van der Waals surface area (Å²) in [6.45, 7) is 0. The third-order valence-electron chi connectivity index (χ3n) is 3.51. The van der Waals surface area contributed by atoms with Crippen LogP contribution in [0.1, 0.15) is 41.4 Å². The Morgan fingerprint density at radius 1 is 1.50 bits per heavy atom. The van der Waals surface area contributed by atoms with Crippen molar-refractivity contribution in [1.82, 2.24) is 4.98 Å². The van der Waals surface area contributed by atoms with Gasteiger partial charge < -0.3 is 9.52 Å². The van der Waals surface area contributed by atoms with Crippen molar-refractivity contribution in [3.05, 3.63) is 17.8 Å². The highest BCUT2D eigenvalue weighted by molar-refractivity contribution is 5.86. The molecule has 0 amide bonds. The lowest BCUT2D eigenvalue weighted by molar-refractivity contribution is 0.0688. The molecule has 0 aliphatic heterocycles. The number of carboxylic acids is 1. The summed E-state index contributed by atoms with van der Waals surface area (Å²) < 4.78 is 5.19. The SMILES string of the molecule is O=C(O)c1ncoc1C1C2CCCC21. The van der Waals surface area contributed by atoms with E-state index in [9.17, 15) is 4.79 Å². The number of fused-ring (bicyclic) bond motifs is 1. The zero-order valence-corrected chi connectivity index (χ0v) is 7.64. The summed E-state index contributed by atoms with van der Waals surface area (Å²) in [5, 5.41) is 8.87. The van der Waals surface area contributed by atoms with E-state index >= 15 is 0 Å². The van der Waals surface area contributed by atoms with Gasteiger partial charge in [0.05, 0.1) is 0 Å². The van der Waals surface area contributed by atoms with Gasteiger partial charge in [0.25, 0.3) is 0 Å². The van der Waals surface area contributed by atoms with Gasteiger partial charge in [0.2, 0.25) is 0 Å². The first-order chi connectivity index (χ1) is 6.79. The number of rotatable bonds is 2. The normalized spacial score (nSPS) is 34.1. The van der Waals surface area contributed by atoms with Gasteiger partial charge in [-0.2, -0.15) is 0 Å². The summed E-state index contributed by atoms with van der Waals surface area (Å²) in [5.41, 5.74) is 0.115. The van der Waals surface area contributed by atoms with Crippen LogP contribution in [0.3, 0.4) is 0 Å². The van der Waals surface area contributed by atoms with Gasteiger partial charge in [-0.3, -0.25) is 0 Å². The van der Waals surface area contributed by atoms with E-state index in [1.54, 1.807) is 0 Å². The molecule has 4 nitrogen and oxygen atoms in total. The van der Waals surface area contributed by atoms with Crippen LogP contribution in [0.2, 0.25) is 0 Å². The maximum Gasteiger partial charge on any atom is 0.358 e. The van der Waals surface area contributed by atoms with E-state index < -0.39 is 5.97 Å². The molecule has 1 aromatic rings. The number of hydrogen-bond donors (Lipinski definition) is 1. The Kier molecular flexibility index (Phi) is 1.48. The smallest absolute Gasteiger partial charge is 0.358 e. The van der Waals surface area contributed by atoms with Crippen molar-refractivity contribution in [2.24, 2.45) is 11.8 Å². The maximum absolute atomic E-state index is 10.8. The molecule has 2 atom stereocenters. The van der Waals surface area contributed by atoms with Crippen LogP contribution < -0.4 is 0 Å². The molecule has 2 unspecified atom stereocenters. The number of nitrogens with zero attached hydrogens (tertiary/aromatic N) is 1. The Balaban J connectivity index is 1.91. The Bertz CT molecular complexity index is 374. The van der Waals surface area contributed by atoms with Crippen LogP contribution in [0.4, 0.5) is 0 Å². The minimum absolute atomic E-state index is 0.115. The van der Waals surface area contributed by atoms with Crippen molar-refractivity contribution in [3.63, 3.8) is 0 Å². The summed E-state index contributed by atoms with van der Waals surface area (Å²) in [5.74, 6) is 1.31. The lowest BCUT2D eigenvalue weighted by atomic mass is 10.1. The van der Waals surface area contributed by atoms with E-state index in [4.69, 9.17) is 9.52 Å². The molecule has 1 heterocycles. The van der Waals surface area contributed by atoms with Crippen molar-refractivity contribution in [3.8, 4) is 0 Å². The second-order valence-corrected chi connectivity index (χ2v) is 4.15. The molecule has 0 radical (unpaired) electrons. The second kappa shape index (κ2) is 2.59. The molecule has 2 aliphatic rings. The summed E-state index contributed by atoms with van der Waals surface area (Å²) in [7, 11) is 0. The van der Waals surface area contributed by atoms with Crippen LogP contribution >= 0.6 is 0 Å². The number of oxazole rings is 1. The molecule has 0 bridgehead atoms. The lowest BCUT2D eigenvalue weighted by Crippen LogP contribution is -2.01. The van der Waals surface area contributed by atoms with Crippen molar-refractivity contribution in [2.75, 3.05) is 0 Å². The Hall–Kier alpha value is -1.32. The van der Waals surface area contributed by atoms with Crippen LogP contribution in [0.25, 0.3) is 0 Å². The molecule has 1 aromatic heterocycles. The standard InChI is InChI=1S/C10H11NO3/c12-10(13)8-9(14-4-11-8)7-5-2-1-3-6(5)7/h4-7H,1-3H2,(H,12,13). The molecule has 4 heteroatoms. The first kappa shape index (κ1) is 8.03. The molecule has 2 aliphatic carbocycles. The Morgan fingerprint density at radius 3 is 2.86 bits per heavy atom. The van der Waals surface area contributed by atoms with E-state index in [0.717, 1.165) is 0 Å². The summed E-state index contributed by atoms with van der Waals surface area (Å²) in [4.78, 5) is 14.6. The van der Waals surface area contributed by atoms with Crippen molar-refractivity contribution >= 4 is 5.97 Å². The molecule has 74 valence electrons. The molecule has 2 fully saturated rings. The maximum atomic E-state index is 10.8. The molecule has 0 aromatic carbocycles. The second-order valence-electron chi connectivity index (χ2n) is 4.15. The minimum atomic E-state index is -0.973. The fourth-order valence-electron chi connectivity index (χ4n) is 2.86. The summed E-state index contributed by atoms with van der Waals surface area (Å²) in [6, 6.07) is 0. The number of hydrogen-bond acceptors (Lipinski definition) is 3. The largest absolute Gasteiger partial charge is 0.476 e. The Labute approximate surface area is 80.9 Å². The van der Waals surface area contributed by atoms with Gasteiger partial charge in [0.15, 0.2) is 12.1 Å². The zero-order chi connectivity index (χ0) is 9.71. The average Bonchev–Trinajstić information content (AvgIpc) is 2.63. The van der Waals surface area contributed by atoms with Gasteiger partial charge in [-0.25, -0.2) is 9.78 Å². The fraction of sp³-hybridized carbons (Fsp3) is 0.600. The number of aromatic nitrogens is 1. The zero-order valence-electron chi connectivity index (χ0n) is 7.64. The van der Waals surface area contributed by atoms with Gasteiger partial charge in [-0.05, 0) is 24.7 Å². The van der Waals surface area contributed by atoms with E-state index in [1.807, 2.05) is 0 Å². The quantitative estimate of drug-likeness (QED) is 0.778. The van der Waals surface area contributed by atoms with Crippen molar-refractivity contribution in [1.29, 1.82) is 0 Å². The van der Waals surface area contributed by atoms with Crippen LogP contribution in [0, 0.1) is 11.8 Å². The van der Waals surface area contributed by atoms with E-state index in [0.29, 0.717) is 23.5 Å². The van der Waals surface area contributed by atoms with E-state index in [2.05, 4.69) is 4.98 Å². The van der Waals surface area contributed by atoms with Crippen molar-refractivity contribution in [2.45, 2.75) is 25.2 Å². The van der Waals surface area contributed by atoms with Gasteiger partial charge in [0, 0.05) is 5.92 Å². The molecule has 0 saturated heterocycles. The average molecular weight is 193 g/mol. The third-order valence-corrected chi connectivity index (χ3v) is 3.51. The van der Waals surface area contributed by atoms with Gasteiger partial charge in [-0.1, -0.05) is 6.42 Å². The number of carbonyl (C=O) groups is 1. The topological polar surface area (TPSA) is 63.3 Å². The predicted molar refractivity (Wildman–Crippen MR) is 47.0 cm³/mol.